The Hall–Kier alpha value is 3.32. The standard InChI is InChI=1S/C17H36O20S4.4Na/c18-13(5-38(22,23)24)1-34-9-17(10-35-2-14(19)6-39(25,26)27,11-36-3-15(20)7-40(28,29)30)12-37-4-16(21)8-41(31,32)33;;;;/h13-16,18-21H,1-12H2,(H,22,23,24)(H,25,26,27)(H,28,29,30)(H,31,32,33);;;;/q;4*+1/p-4. The van der Waals surface area contributed by atoms with Crippen LogP contribution < -0.4 is 118 Å². The van der Waals surface area contributed by atoms with E-state index in [0.717, 1.165) is 0 Å². The molecule has 0 rings (SSSR count). The van der Waals surface area contributed by atoms with Gasteiger partial charge in [0.25, 0.3) is 0 Å². The monoisotopic (exact) mass is 776 g/mol. The number of aliphatic hydroxyl groups is 4. The van der Waals surface area contributed by atoms with E-state index in [0.29, 0.717) is 0 Å². The fourth-order valence-electron chi connectivity index (χ4n) is 3.03. The molecule has 0 aliphatic rings. The van der Waals surface area contributed by atoms with Crippen molar-refractivity contribution in [2.24, 2.45) is 5.41 Å². The van der Waals surface area contributed by atoms with Crippen LogP contribution in [0, 0.1) is 5.41 Å². The summed E-state index contributed by atoms with van der Waals surface area (Å²) in [6, 6.07) is 0. The molecule has 0 amide bonds. The Bertz CT molecular complexity index is 1010. The van der Waals surface area contributed by atoms with Crippen molar-refractivity contribution in [3.63, 3.8) is 0 Å². The van der Waals surface area contributed by atoms with Crippen molar-refractivity contribution >= 4 is 40.5 Å². The van der Waals surface area contributed by atoms with E-state index < -0.39 is 146 Å². The fraction of sp³-hybridized carbons (Fsp3) is 1.00. The van der Waals surface area contributed by atoms with Gasteiger partial charge in [-0.25, -0.2) is 33.7 Å². The van der Waals surface area contributed by atoms with Gasteiger partial charge in [0, 0.05) is 0 Å². The molecule has 45 heavy (non-hydrogen) atoms. The van der Waals surface area contributed by atoms with Gasteiger partial charge in [0.15, 0.2) is 0 Å². The summed E-state index contributed by atoms with van der Waals surface area (Å²) in [6.45, 7) is -5.73. The van der Waals surface area contributed by atoms with E-state index in [1.807, 2.05) is 0 Å². The van der Waals surface area contributed by atoms with Crippen LogP contribution in [0.15, 0.2) is 0 Å². The van der Waals surface area contributed by atoms with E-state index >= 15 is 0 Å². The number of ether oxygens (including phenoxy) is 4. The topological polar surface area (TPSA) is 347 Å². The van der Waals surface area contributed by atoms with Crippen LogP contribution in [0.5, 0.6) is 0 Å². The van der Waals surface area contributed by atoms with Crippen molar-refractivity contribution in [1.29, 1.82) is 0 Å². The van der Waals surface area contributed by atoms with Crippen LogP contribution in [-0.4, -0.2) is 173 Å². The molecule has 4 atom stereocenters. The van der Waals surface area contributed by atoms with Crippen LogP contribution in [0.2, 0.25) is 0 Å². The Morgan fingerprint density at radius 3 is 0.711 bits per heavy atom. The van der Waals surface area contributed by atoms with Gasteiger partial charge in [-0.2, -0.15) is 0 Å². The minimum atomic E-state index is -4.87. The summed E-state index contributed by atoms with van der Waals surface area (Å²) < 4.78 is 151. The molecule has 28 heteroatoms. The number of hydrogen-bond donors (Lipinski definition) is 4. The first-order chi connectivity index (χ1) is 18.4. The van der Waals surface area contributed by atoms with Crippen molar-refractivity contribution in [3.8, 4) is 0 Å². The van der Waals surface area contributed by atoms with E-state index in [2.05, 4.69) is 0 Å². The second-order valence-electron chi connectivity index (χ2n) is 9.07. The van der Waals surface area contributed by atoms with Crippen molar-refractivity contribution in [3.05, 3.63) is 0 Å². The van der Waals surface area contributed by atoms with Crippen LogP contribution in [0.3, 0.4) is 0 Å². The maximum Gasteiger partial charge on any atom is 1.00 e. The molecule has 0 aromatic heterocycles. The van der Waals surface area contributed by atoms with Gasteiger partial charge in [0.2, 0.25) is 0 Å². The van der Waals surface area contributed by atoms with Gasteiger partial charge < -0.3 is 57.6 Å². The summed E-state index contributed by atoms with van der Waals surface area (Å²) in [5.74, 6) is -4.98. The molecule has 0 aliphatic heterocycles. The smallest absolute Gasteiger partial charge is 0.748 e. The first-order valence-corrected chi connectivity index (χ1v) is 17.5. The summed E-state index contributed by atoms with van der Waals surface area (Å²) in [7, 11) is -19.5. The molecule has 0 aromatic carbocycles. The predicted octanol–water partition coefficient (Wildman–Crippen LogP) is -18.3. The largest absolute Gasteiger partial charge is 1.00 e. The summed E-state index contributed by atoms with van der Waals surface area (Å²) >= 11 is 0. The Morgan fingerprint density at radius 2 is 0.578 bits per heavy atom. The van der Waals surface area contributed by atoms with Gasteiger partial charge in [-0.3, -0.25) is 0 Å². The van der Waals surface area contributed by atoms with Gasteiger partial charge in [0.1, 0.15) is 0 Å². The Kier molecular flexibility index (Phi) is 34.6. The van der Waals surface area contributed by atoms with Crippen LogP contribution >= 0.6 is 0 Å². The quantitative estimate of drug-likeness (QED) is 0.0522. The molecular formula is C17H32Na4O20S4. The van der Waals surface area contributed by atoms with Crippen LogP contribution in [0.25, 0.3) is 0 Å². The predicted molar refractivity (Wildman–Crippen MR) is 128 cm³/mol. The third-order valence-corrected chi connectivity index (χ3v) is 7.63. The Balaban J connectivity index is -0.00000133. The van der Waals surface area contributed by atoms with Crippen molar-refractivity contribution in [2.75, 3.05) is 75.9 Å². The normalized spacial score (nSPS) is 16.4. The number of aliphatic hydroxyl groups excluding tert-OH is 4. The van der Waals surface area contributed by atoms with Gasteiger partial charge >= 0.3 is 118 Å². The van der Waals surface area contributed by atoms with E-state index in [1.165, 1.54) is 0 Å². The zero-order valence-corrected chi connectivity index (χ0v) is 36.5. The first kappa shape index (κ1) is 57.7. The third kappa shape index (κ3) is 36.9. The molecule has 4 unspecified atom stereocenters. The first-order valence-electron chi connectivity index (χ1n) is 11.2. The third-order valence-electron chi connectivity index (χ3n) is 4.46. The average molecular weight is 777 g/mol. The van der Waals surface area contributed by atoms with Crippen LogP contribution in [0.1, 0.15) is 0 Å². The van der Waals surface area contributed by atoms with Gasteiger partial charge in [-0.15, -0.1) is 0 Å². The Labute approximate surface area is 350 Å². The molecule has 0 spiro atoms. The molecule has 0 saturated heterocycles. The van der Waals surface area contributed by atoms with Crippen LogP contribution in [-0.2, 0) is 59.4 Å². The summed E-state index contributed by atoms with van der Waals surface area (Å²) in [6.07, 6.45) is -7.30. The van der Waals surface area contributed by atoms with E-state index in [-0.39, 0.29) is 118 Å². The van der Waals surface area contributed by atoms with E-state index in [1.54, 1.807) is 0 Å². The fourth-order valence-corrected chi connectivity index (χ4v) is 5.30. The van der Waals surface area contributed by atoms with E-state index in [9.17, 15) is 72.3 Å². The second kappa shape index (κ2) is 27.0. The van der Waals surface area contributed by atoms with E-state index in [4.69, 9.17) is 18.9 Å². The molecule has 0 aromatic rings. The molecule has 0 saturated carbocycles. The zero-order chi connectivity index (χ0) is 32.1. The molecule has 0 bridgehead atoms. The number of hydrogen-bond acceptors (Lipinski definition) is 20. The van der Waals surface area contributed by atoms with Gasteiger partial charge in [-0.1, -0.05) is 0 Å². The summed E-state index contributed by atoms with van der Waals surface area (Å²) in [5.41, 5.74) is -1.68. The molecular weight excluding hydrogens is 744 g/mol. The molecule has 20 nitrogen and oxygen atoms in total. The molecule has 0 aliphatic carbocycles. The SMILES string of the molecule is O=S(=O)([O-])CC(O)COCC(COCC(O)CS(=O)(=O)[O-])(COCC(O)CS(=O)(=O)[O-])COCC(O)CS(=O)(=O)[O-].[Na+].[Na+].[Na+].[Na+]. The Morgan fingerprint density at radius 1 is 0.422 bits per heavy atom. The molecule has 4 N–H and O–H groups in total. The molecule has 0 heterocycles. The molecule has 0 radical (unpaired) electrons. The molecule has 248 valence electrons. The summed E-state index contributed by atoms with van der Waals surface area (Å²) in [4.78, 5) is 0. The maximum absolute atomic E-state index is 10.8. The van der Waals surface area contributed by atoms with Gasteiger partial charge in [0.05, 0.1) is 146 Å². The summed E-state index contributed by atoms with van der Waals surface area (Å²) in [5, 5.41) is 38.8. The van der Waals surface area contributed by atoms with Gasteiger partial charge in [-0.05, 0) is 0 Å². The minimum absolute atomic E-state index is 0. The van der Waals surface area contributed by atoms with Crippen LogP contribution in [0.4, 0.5) is 0 Å². The zero-order valence-electron chi connectivity index (χ0n) is 25.2. The second-order valence-corrected chi connectivity index (χ2v) is 14.9. The van der Waals surface area contributed by atoms with Crippen molar-refractivity contribution in [2.45, 2.75) is 24.4 Å². The molecule has 0 fully saturated rings. The van der Waals surface area contributed by atoms with Crippen molar-refractivity contribution < 1.29 is 209 Å². The minimum Gasteiger partial charge on any atom is -0.748 e. The average Bonchev–Trinajstić information content (AvgIpc) is 2.68. The van der Waals surface area contributed by atoms with Crippen molar-refractivity contribution in [1.82, 2.24) is 0 Å². The number of rotatable bonds is 24. The maximum atomic E-state index is 10.8.